The lowest BCUT2D eigenvalue weighted by Gasteiger charge is -2.28. The van der Waals surface area contributed by atoms with Crippen molar-refractivity contribution in [2.24, 2.45) is 11.7 Å². The molecule has 0 aromatic heterocycles. The summed E-state index contributed by atoms with van der Waals surface area (Å²) in [6.07, 6.45) is 2.15. The van der Waals surface area contributed by atoms with Crippen molar-refractivity contribution in [2.45, 2.75) is 18.9 Å². The maximum Gasteiger partial charge on any atom is 0.0469 e. The minimum atomic E-state index is 0.136. The van der Waals surface area contributed by atoms with Gasteiger partial charge in [-0.3, -0.25) is 0 Å². The largest absolute Gasteiger partial charge is 0.388 e. The smallest absolute Gasteiger partial charge is 0.0469 e. The zero-order valence-electron chi connectivity index (χ0n) is 9.78. The summed E-state index contributed by atoms with van der Waals surface area (Å²) >= 11 is 0. The summed E-state index contributed by atoms with van der Waals surface area (Å²) in [6.45, 7) is 1.70. The molecule has 0 amide bonds. The molecule has 1 fully saturated rings. The van der Waals surface area contributed by atoms with Gasteiger partial charge in [-0.05, 0) is 36.5 Å². The molecule has 1 aromatic rings. The summed E-state index contributed by atoms with van der Waals surface area (Å²) in [4.78, 5) is 0. The lowest BCUT2D eigenvalue weighted by Crippen LogP contribution is -2.27. The molecule has 1 aliphatic rings. The number of anilines is 1. The average molecular weight is 220 g/mol. The number of hydrogen-bond acceptors (Lipinski definition) is 3. The van der Waals surface area contributed by atoms with Crippen molar-refractivity contribution in [3.05, 3.63) is 29.8 Å². The van der Waals surface area contributed by atoms with Crippen molar-refractivity contribution in [3.8, 4) is 0 Å². The van der Waals surface area contributed by atoms with E-state index in [0.717, 1.165) is 31.7 Å². The fourth-order valence-corrected chi connectivity index (χ4v) is 2.25. The van der Waals surface area contributed by atoms with Crippen LogP contribution >= 0.6 is 0 Å². The summed E-state index contributed by atoms with van der Waals surface area (Å²) in [5.41, 5.74) is 8.66. The van der Waals surface area contributed by atoms with E-state index < -0.39 is 0 Å². The van der Waals surface area contributed by atoms with Gasteiger partial charge in [0, 0.05) is 32.0 Å². The lowest BCUT2D eigenvalue weighted by molar-refractivity contribution is 0.0584. The Morgan fingerprint density at radius 3 is 2.81 bits per heavy atom. The molecule has 1 aliphatic heterocycles. The van der Waals surface area contributed by atoms with E-state index in [1.807, 2.05) is 7.05 Å². The molecule has 1 unspecified atom stereocenters. The van der Waals surface area contributed by atoms with E-state index in [9.17, 15) is 0 Å². The quantitative estimate of drug-likeness (QED) is 0.820. The highest BCUT2D eigenvalue weighted by molar-refractivity contribution is 5.45. The Bertz CT molecular complexity index is 334. The minimum Gasteiger partial charge on any atom is -0.388 e. The second kappa shape index (κ2) is 5.32. The fraction of sp³-hybridized carbons (Fsp3) is 0.538. The Balaban J connectivity index is 2.09. The highest BCUT2D eigenvalue weighted by Gasteiger charge is 2.22. The molecule has 0 spiro atoms. The monoisotopic (exact) mass is 220 g/mol. The third-order valence-electron chi connectivity index (χ3n) is 3.33. The first-order valence-electron chi connectivity index (χ1n) is 5.92. The minimum absolute atomic E-state index is 0.136. The van der Waals surface area contributed by atoms with E-state index in [4.69, 9.17) is 10.5 Å². The zero-order valence-corrected chi connectivity index (χ0v) is 9.78. The molecule has 0 saturated carbocycles. The molecular formula is C13H20N2O. The van der Waals surface area contributed by atoms with Crippen molar-refractivity contribution >= 4 is 5.69 Å². The van der Waals surface area contributed by atoms with Crippen molar-refractivity contribution in [2.75, 3.05) is 25.6 Å². The zero-order chi connectivity index (χ0) is 11.4. The van der Waals surface area contributed by atoms with Crippen LogP contribution in [0.4, 0.5) is 5.69 Å². The van der Waals surface area contributed by atoms with E-state index in [-0.39, 0.29) is 6.04 Å². The maximum atomic E-state index is 6.31. The molecule has 0 bridgehead atoms. The predicted octanol–water partition coefficient (Wildman–Crippen LogP) is 2.15. The Morgan fingerprint density at radius 1 is 1.38 bits per heavy atom. The number of hydrogen-bond donors (Lipinski definition) is 2. The molecule has 0 radical (unpaired) electrons. The van der Waals surface area contributed by atoms with Gasteiger partial charge in [-0.25, -0.2) is 0 Å². The number of nitrogens with one attached hydrogen (secondary N) is 1. The van der Waals surface area contributed by atoms with Crippen LogP contribution in [0.25, 0.3) is 0 Å². The molecule has 16 heavy (non-hydrogen) atoms. The third-order valence-corrected chi connectivity index (χ3v) is 3.33. The van der Waals surface area contributed by atoms with Gasteiger partial charge in [-0.15, -0.1) is 0 Å². The Morgan fingerprint density at radius 2 is 2.12 bits per heavy atom. The Labute approximate surface area is 97.0 Å². The van der Waals surface area contributed by atoms with Gasteiger partial charge in [-0.2, -0.15) is 0 Å². The van der Waals surface area contributed by atoms with Crippen LogP contribution in [0.5, 0.6) is 0 Å². The van der Waals surface area contributed by atoms with Crippen LogP contribution in [0.3, 0.4) is 0 Å². The molecule has 1 saturated heterocycles. The van der Waals surface area contributed by atoms with Gasteiger partial charge in [-0.1, -0.05) is 12.1 Å². The summed E-state index contributed by atoms with van der Waals surface area (Å²) in [5.74, 6) is 0.556. The van der Waals surface area contributed by atoms with Gasteiger partial charge >= 0.3 is 0 Å². The second-order valence-electron chi connectivity index (χ2n) is 4.35. The summed E-state index contributed by atoms with van der Waals surface area (Å²) in [7, 11) is 1.93. The summed E-state index contributed by atoms with van der Waals surface area (Å²) in [6, 6.07) is 8.50. The standard InChI is InChI=1S/C13H20N2O/c1-15-12-4-2-3-11(9-12)13(14)10-5-7-16-8-6-10/h2-4,9-10,13,15H,5-8,14H2,1H3. The van der Waals surface area contributed by atoms with Crippen molar-refractivity contribution < 1.29 is 4.74 Å². The van der Waals surface area contributed by atoms with Crippen LogP contribution in [-0.4, -0.2) is 20.3 Å². The molecule has 3 N–H and O–H groups in total. The van der Waals surface area contributed by atoms with Crippen molar-refractivity contribution in [1.82, 2.24) is 0 Å². The molecule has 1 atom stereocenters. The van der Waals surface area contributed by atoms with E-state index >= 15 is 0 Å². The molecule has 0 aliphatic carbocycles. The van der Waals surface area contributed by atoms with Crippen LogP contribution in [0.15, 0.2) is 24.3 Å². The van der Waals surface area contributed by atoms with Gasteiger partial charge in [0.05, 0.1) is 0 Å². The lowest BCUT2D eigenvalue weighted by atomic mass is 9.88. The van der Waals surface area contributed by atoms with Gasteiger partial charge in [0.2, 0.25) is 0 Å². The summed E-state index contributed by atoms with van der Waals surface area (Å²) in [5, 5.41) is 3.14. The first-order valence-corrected chi connectivity index (χ1v) is 5.92. The van der Waals surface area contributed by atoms with E-state index in [1.54, 1.807) is 0 Å². The number of nitrogens with two attached hydrogens (primary N) is 1. The normalized spacial score (nSPS) is 19.4. The third kappa shape index (κ3) is 2.54. The molecule has 2 rings (SSSR count). The predicted molar refractivity (Wildman–Crippen MR) is 66.5 cm³/mol. The van der Waals surface area contributed by atoms with Gasteiger partial charge < -0.3 is 15.8 Å². The number of ether oxygens (including phenoxy) is 1. The Kier molecular flexibility index (Phi) is 3.80. The topological polar surface area (TPSA) is 47.3 Å². The van der Waals surface area contributed by atoms with Gasteiger partial charge in [0.1, 0.15) is 0 Å². The highest BCUT2D eigenvalue weighted by atomic mass is 16.5. The molecule has 1 heterocycles. The van der Waals surface area contributed by atoms with Gasteiger partial charge in [0.25, 0.3) is 0 Å². The van der Waals surface area contributed by atoms with Gasteiger partial charge in [0.15, 0.2) is 0 Å². The number of benzene rings is 1. The van der Waals surface area contributed by atoms with E-state index in [2.05, 4.69) is 29.6 Å². The van der Waals surface area contributed by atoms with Crippen molar-refractivity contribution in [3.63, 3.8) is 0 Å². The first kappa shape index (κ1) is 11.4. The first-order chi connectivity index (χ1) is 7.81. The molecule has 88 valence electrons. The maximum absolute atomic E-state index is 6.31. The SMILES string of the molecule is CNc1cccc(C(N)C2CCOCC2)c1. The summed E-state index contributed by atoms with van der Waals surface area (Å²) < 4.78 is 5.36. The van der Waals surface area contributed by atoms with E-state index in [1.165, 1.54) is 5.56 Å². The molecule has 1 aromatic carbocycles. The van der Waals surface area contributed by atoms with Crippen LogP contribution in [0, 0.1) is 5.92 Å². The van der Waals surface area contributed by atoms with Crippen LogP contribution < -0.4 is 11.1 Å². The second-order valence-corrected chi connectivity index (χ2v) is 4.35. The van der Waals surface area contributed by atoms with Crippen LogP contribution in [0.1, 0.15) is 24.4 Å². The van der Waals surface area contributed by atoms with Crippen LogP contribution in [0.2, 0.25) is 0 Å². The number of rotatable bonds is 3. The molecule has 3 heteroatoms. The van der Waals surface area contributed by atoms with Crippen molar-refractivity contribution in [1.29, 1.82) is 0 Å². The fourth-order valence-electron chi connectivity index (χ4n) is 2.25. The average Bonchev–Trinajstić information content (AvgIpc) is 2.39. The molecule has 3 nitrogen and oxygen atoms in total. The Hall–Kier alpha value is -1.06. The van der Waals surface area contributed by atoms with E-state index in [0.29, 0.717) is 5.92 Å². The van der Waals surface area contributed by atoms with Crippen LogP contribution in [-0.2, 0) is 4.74 Å². The molecular weight excluding hydrogens is 200 g/mol. The highest BCUT2D eigenvalue weighted by Crippen LogP contribution is 2.29.